The first-order valence-electron chi connectivity index (χ1n) is 12.4. The van der Waals surface area contributed by atoms with Crippen LogP contribution in [0.15, 0.2) is 89.9 Å². The van der Waals surface area contributed by atoms with Crippen LogP contribution in [0.3, 0.4) is 0 Å². The maximum atomic E-state index is 14.3. The molecule has 0 spiro atoms. The second-order valence-corrected chi connectivity index (χ2v) is 9.39. The van der Waals surface area contributed by atoms with Gasteiger partial charge < -0.3 is 10.2 Å². The highest BCUT2D eigenvalue weighted by molar-refractivity contribution is 5.96. The Labute approximate surface area is 221 Å². The van der Waals surface area contributed by atoms with E-state index in [4.69, 9.17) is 6.57 Å². The zero-order valence-electron chi connectivity index (χ0n) is 21.8. The Bertz CT molecular complexity index is 1720. The van der Waals surface area contributed by atoms with E-state index in [9.17, 15) is 4.79 Å². The molecule has 0 unspecified atom stereocenters. The summed E-state index contributed by atoms with van der Waals surface area (Å²) < 4.78 is 1.75. The summed E-state index contributed by atoms with van der Waals surface area (Å²) in [6.45, 7) is 11.3. The molecule has 7 heteroatoms. The number of hydrogen-bond acceptors (Lipinski definition) is 5. The second kappa shape index (κ2) is 10.2. The first-order chi connectivity index (χ1) is 18.4. The predicted molar refractivity (Wildman–Crippen MR) is 154 cm³/mol. The van der Waals surface area contributed by atoms with Crippen LogP contribution in [-0.2, 0) is 0 Å². The van der Waals surface area contributed by atoms with Gasteiger partial charge >= 0.3 is 0 Å². The third kappa shape index (κ3) is 4.60. The normalized spacial score (nSPS) is 11.7. The lowest BCUT2D eigenvalue weighted by atomic mass is 9.97. The maximum Gasteiger partial charge on any atom is 0.263 e. The van der Waals surface area contributed by atoms with Crippen LogP contribution in [0.2, 0.25) is 0 Å². The van der Waals surface area contributed by atoms with E-state index >= 15 is 0 Å². The van der Waals surface area contributed by atoms with E-state index in [0.717, 1.165) is 33.6 Å². The van der Waals surface area contributed by atoms with Crippen molar-refractivity contribution in [3.63, 3.8) is 0 Å². The number of rotatable bonds is 6. The van der Waals surface area contributed by atoms with Crippen molar-refractivity contribution in [2.75, 3.05) is 24.3 Å². The summed E-state index contributed by atoms with van der Waals surface area (Å²) in [6, 6.07) is 25.5. The van der Waals surface area contributed by atoms with E-state index in [1.54, 1.807) is 11.5 Å². The van der Waals surface area contributed by atoms with Gasteiger partial charge in [-0.05, 0) is 60.7 Å². The molecule has 38 heavy (non-hydrogen) atoms. The van der Waals surface area contributed by atoms with E-state index in [1.807, 2.05) is 75.6 Å². The monoisotopic (exact) mass is 500 g/mol. The van der Waals surface area contributed by atoms with E-state index in [0.29, 0.717) is 22.7 Å². The number of aromatic nitrogens is 3. The van der Waals surface area contributed by atoms with E-state index < -0.39 is 0 Å². The zero-order valence-corrected chi connectivity index (χ0v) is 21.8. The largest absolute Gasteiger partial charge is 0.378 e. The summed E-state index contributed by atoms with van der Waals surface area (Å²) in [5.41, 5.74) is 4.73. The highest BCUT2D eigenvalue weighted by Gasteiger charge is 2.20. The van der Waals surface area contributed by atoms with Gasteiger partial charge in [-0.25, -0.2) is 9.83 Å². The van der Waals surface area contributed by atoms with E-state index in [-0.39, 0.29) is 11.6 Å². The standard InChI is InChI=1S/C31H28N6O/c1-20(34-30-27(32-3)19-33-21(2)35-30)28-18-23-10-9-13-26(22-14-16-24(17-15-22)36(4)5)29(23)31(38)37(28)25-11-7-6-8-12-25/h6-20H,1-2,4-5H3,(H,33,34,35)/t20-/m0/s1. The molecule has 5 rings (SSSR count). The Morgan fingerprint density at radius 1 is 1.00 bits per heavy atom. The Kier molecular flexibility index (Phi) is 6.63. The summed E-state index contributed by atoms with van der Waals surface area (Å²) in [5, 5.41) is 4.86. The number of fused-ring (bicyclic) bond motifs is 1. The van der Waals surface area contributed by atoms with Gasteiger partial charge in [0.2, 0.25) is 5.69 Å². The molecule has 1 atom stereocenters. The molecule has 0 aliphatic carbocycles. The van der Waals surface area contributed by atoms with Crippen LogP contribution in [0.1, 0.15) is 24.5 Å². The van der Waals surface area contributed by atoms with Crippen molar-refractivity contribution in [1.29, 1.82) is 0 Å². The first-order valence-corrected chi connectivity index (χ1v) is 12.4. The molecule has 0 radical (unpaired) electrons. The maximum absolute atomic E-state index is 14.3. The van der Waals surface area contributed by atoms with E-state index in [1.165, 1.54) is 6.20 Å². The van der Waals surface area contributed by atoms with Gasteiger partial charge in [0.15, 0.2) is 0 Å². The van der Waals surface area contributed by atoms with Gasteiger partial charge in [-0.1, -0.05) is 48.5 Å². The summed E-state index contributed by atoms with van der Waals surface area (Å²) in [6.07, 6.45) is 1.52. The minimum atomic E-state index is -0.329. The average molecular weight is 501 g/mol. The second-order valence-electron chi connectivity index (χ2n) is 9.39. The third-order valence-corrected chi connectivity index (χ3v) is 6.59. The topological polar surface area (TPSA) is 67.4 Å². The van der Waals surface area contributed by atoms with Crippen LogP contribution in [0.4, 0.5) is 17.2 Å². The molecule has 0 bridgehead atoms. The fraction of sp³-hybridized carbons (Fsp3) is 0.161. The fourth-order valence-electron chi connectivity index (χ4n) is 4.65. The Morgan fingerprint density at radius 2 is 1.74 bits per heavy atom. The predicted octanol–water partition coefficient (Wildman–Crippen LogP) is 6.55. The Morgan fingerprint density at radius 3 is 2.42 bits per heavy atom. The molecule has 0 aliphatic rings. The van der Waals surface area contributed by atoms with Crippen molar-refractivity contribution in [3.8, 4) is 16.8 Å². The Balaban J connectivity index is 1.72. The number of nitrogens with one attached hydrogen (secondary N) is 1. The zero-order chi connectivity index (χ0) is 26.8. The van der Waals surface area contributed by atoms with Gasteiger partial charge in [0, 0.05) is 37.4 Å². The number of aryl methyl sites for hydroxylation is 1. The summed E-state index contributed by atoms with van der Waals surface area (Å²) >= 11 is 0. The minimum absolute atomic E-state index is 0.103. The van der Waals surface area contributed by atoms with Crippen molar-refractivity contribution in [2.45, 2.75) is 19.9 Å². The molecule has 188 valence electrons. The molecule has 2 aromatic heterocycles. The fourth-order valence-corrected chi connectivity index (χ4v) is 4.65. The number of para-hydroxylation sites is 1. The summed E-state index contributed by atoms with van der Waals surface area (Å²) in [7, 11) is 4.01. The molecule has 0 aliphatic heterocycles. The lowest BCUT2D eigenvalue weighted by molar-refractivity contribution is 0.772. The molecule has 0 saturated heterocycles. The average Bonchev–Trinajstić information content (AvgIpc) is 2.93. The lowest BCUT2D eigenvalue weighted by Gasteiger charge is -2.22. The molecule has 7 nitrogen and oxygen atoms in total. The minimum Gasteiger partial charge on any atom is -0.378 e. The molecule has 1 N–H and O–H groups in total. The van der Waals surface area contributed by atoms with Gasteiger partial charge in [0.1, 0.15) is 11.6 Å². The van der Waals surface area contributed by atoms with Crippen LogP contribution in [0.25, 0.3) is 32.4 Å². The number of pyridine rings is 1. The SMILES string of the molecule is [C-]#[N+]c1cnc(C)nc1N[C@@H](C)c1cc2cccc(-c3ccc(N(C)C)cc3)c2c(=O)n1-c1ccccc1. The van der Waals surface area contributed by atoms with Gasteiger partial charge in [0.05, 0.1) is 18.0 Å². The Hall–Kier alpha value is -4.96. The smallest absolute Gasteiger partial charge is 0.263 e. The highest BCUT2D eigenvalue weighted by Crippen LogP contribution is 2.32. The van der Waals surface area contributed by atoms with Crippen LogP contribution >= 0.6 is 0 Å². The van der Waals surface area contributed by atoms with Crippen LogP contribution in [0, 0.1) is 13.5 Å². The summed E-state index contributed by atoms with van der Waals surface area (Å²) in [5.74, 6) is 1.01. The van der Waals surface area contributed by atoms with E-state index in [2.05, 4.69) is 49.3 Å². The number of nitrogens with zero attached hydrogens (tertiary/aromatic N) is 5. The summed E-state index contributed by atoms with van der Waals surface area (Å²) in [4.78, 5) is 28.5. The first kappa shape index (κ1) is 24.7. The molecule has 2 heterocycles. The quantitative estimate of drug-likeness (QED) is 0.268. The highest BCUT2D eigenvalue weighted by atomic mass is 16.1. The van der Waals surface area contributed by atoms with Crippen LogP contribution in [0.5, 0.6) is 0 Å². The molecule has 5 aromatic rings. The van der Waals surface area contributed by atoms with Gasteiger partial charge in [0.25, 0.3) is 5.56 Å². The molecular formula is C31H28N6O. The van der Waals surface area contributed by atoms with Gasteiger partial charge in [-0.3, -0.25) is 14.3 Å². The molecule has 0 saturated carbocycles. The van der Waals surface area contributed by atoms with Crippen molar-refractivity contribution < 1.29 is 0 Å². The van der Waals surface area contributed by atoms with Crippen molar-refractivity contribution in [1.82, 2.24) is 14.5 Å². The third-order valence-electron chi connectivity index (χ3n) is 6.59. The molecule has 3 aromatic carbocycles. The van der Waals surface area contributed by atoms with Gasteiger partial charge in [-0.2, -0.15) is 0 Å². The molecular weight excluding hydrogens is 472 g/mol. The lowest BCUT2D eigenvalue weighted by Crippen LogP contribution is -2.26. The number of benzene rings is 3. The molecule has 0 fully saturated rings. The number of anilines is 2. The van der Waals surface area contributed by atoms with Crippen LogP contribution < -0.4 is 15.8 Å². The van der Waals surface area contributed by atoms with Gasteiger partial charge in [-0.15, -0.1) is 0 Å². The van der Waals surface area contributed by atoms with Crippen molar-refractivity contribution >= 4 is 28.0 Å². The number of hydrogen-bond donors (Lipinski definition) is 1. The van der Waals surface area contributed by atoms with Crippen molar-refractivity contribution in [2.24, 2.45) is 0 Å². The van der Waals surface area contributed by atoms with Crippen molar-refractivity contribution in [3.05, 3.63) is 118 Å². The molecule has 0 amide bonds. The van der Waals surface area contributed by atoms with Crippen LogP contribution in [-0.4, -0.2) is 28.6 Å².